The minimum absolute atomic E-state index is 0.194. The number of carbonyl (C=O) groups is 1. The van der Waals surface area contributed by atoms with Crippen molar-refractivity contribution in [3.05, 3.63) is 65.2 Å². The minimum Gasteiger partial charge on any atom is -0.372 e. The van der Waals surface area contributed by atoms with Gasteiger partial charge >= 0.3 is 0 Å². The van der Waals surface area contributed by atoms with Gasteiger partial charge in [-0.05, 0) is 99.6 Å². The van der Waals surface area contributed by atoms with Crippen molar-refractivity contribution in [1.29, 1.82) is 0 Å². The van der Waals surface area contributed by atoms with Crippen LogP contribution in [-0.2, 0) is 0 Å². The van der Waals surface area contributed by atoms with E-state index in [0.29, 0.717) is 11.1 Å². The van der Waals surface area contributed by atoms with Gasteiger partial charge < -0.3 is 10.2 Å². The van der Waals surface area contributed by atoms with E-state index in [2.05, 4.69) is 63.3 Å². The Bertz CT molecular complexity index is 1640. The second-order valence-corrected chi connectivity index (χ2v) is 9.60. The number of hydrogen-bond acceptors (Lipinski definition) is 8. The highest BCUT2D eigenvalue weighted by molar-refractivity contribution is 7.80. The molecule has 2 heterocycles. The maximum Gasteiger partial charge on any atom is 0.257 e. The normalized spacial score (nSPS) is 11.1. The molecule has 9 nitrogen and oxygen atoms in total. The lowest BCUT2D eigenvalue weighted by Gasteiger charge is -2.22. The molecule has 5 aromatic rings. The van der Waals surface area contributed by atoms with Gasteiger partial charge in [-0.1, -0.05) is 0 Å². The molecule has 0 radical (unpaired) electrons. The Labute approximate surface area is 223 Å². The zero-order valence-corrected chi connectivity index (χ0v) is 22.6. The van der Waals surface area contributed by atoms with E-state index in [1.54, 1.807) is 23.0 Å². The van der Waals surface area contributed by atoms with Crippen LogP contribution in [0.4, 0.5) is 11.4 Å². The summed E-state index contributed by atoms with van der Waals surface area (Å²) in [5, 5.41) is 15.5. The van der Waals surface area contributed by atoms with Crippen molar-refractivity contribution in [2.45, 2.75) is 27.7 Å². The van der Waals surface area contributed by atoms with Crippen molar-refractivity contribution in [1.82, 2.24) is 29.1 Å². The summed E-state index contributed by atoms with van der Waals surface area (Å²) in [4.78, 5) is 16.7. The monoisotopic (exact) mass is 530 g/mol. The zero-order valence-electron chi connectivity index (χ0n) is 20.9. The number of aromatic nitrogens is 5. The molecule has 2 aromatic heterocycles. The summed E-state index contributed by atoms with van der Waals surface area (Å²) in [6.45, 7) is 10.2. The number of nitrogens with one attached hydrogen (secondary N) is 2. The molecule has 0 aliphatic rings. The maximum absolute atomic E-state index is 12.7. The fourth-order valence-electron chi connectivity index (χ4n) is 4.21. The first-order valence-electron chi connectivity index (χ1n) is 11.9. The van der Waals surface area contributed by atoms with E-state index < -0.39 is 0 Å². The van der Waals surface area contributed by atoms with Crippen LogP contribution >= 0.6 is 23.9 Å². The largest absolute Gasteiger partial charge is 0.372 e. The molecule has 1 amide bonds. The number of carbonyl (C=O) groups excluding carboxylic acids is 1. The summed E-state index contributed by atoms with van der Waals surface area (Å²) in [7, 11) is 0. The summed E-state index contributed by atoms with van der Waals surface area (Å²) < 4.78 is 8.34. The number of nitrogens with zero attached hydrogens (tertiary/aromatic N) is 6. The van der Waals surface area contributed by atoms with Crippen molar-refractivity contribution in [3.63, 3.8) is 0 Å². The van der Waals surface area contributed by atoms with E-state index in [0.717, 1.165) is 63.9 Å². The smallest absolute Gasteiger partial charge is 0.257 e. The quantitative estimate of drug-likeness (QED) is 0.295. The Morgan fingerprint density at radius 3 is 2.38 bits per heavy atom. The van der Waals surface area contributed by atoms with E-state index in [4.69, 9.17) is 22.4 Å². The number of fused-ring (bicyclic) bond motifs is 2. The number of benzene rings is 3. The van der Waals surface area contributed by atoms with Crippen LogP contribution < -0.4 is 15.5 Å². The first kappa shape index (κ1) is 24.7. The summed E-state index contributed by atoms with van der Waals surface area (Å²) in [6.07, 6.45) is 0. The second kappa shape index (κ2) is 10.2. The molecule has 37 heavy (non-hydrogen) atoms. The second-order valence-electron chi connectivity index (χ2n) is 8.66. The molecule has 0 saturated carbocycles. The average molecular weight is 531 g/mol. The highest BCUT2D eigenvalue weighted by Crippen LogP contribution is 2.25. The Kier molecular flexibility index (Phi) is 6.81. The van der Waals surface area contributed by atoms with Crippen molar-refractivity contribution >= 4 is 68.4 Å². The molecule has 2 N–H and O–H groups in total. The van der Waals surface area contributed by atoms with Crippen LogP contribution in [-0.4, -0.2) is 47.9 Å². The lowest BCUT2D eigenvalue weighted by atomic mass is 10.1. The van der Waals surface area contributed by atoms with Crippen molar-refractivity contribution in [3.8, 4) is 5.69 Å². The lowest BCUT2D eigenvalue weighted by Crippen LogP contribution is -2.34. The molecule has 0 fully saturated rings. The number of hydrogen-bond donors (Lipinski definition) is 2. The summed E-state index contributed by atoms with van der Waals surface area (Å²) in [6, 6.07) is 15.3. The molecule has 188 valence electrons. The Balaban J connectivity index is 1.34. The van der Waals surface area contributed by atoms with Crippen LogP contribution in [0.5, 0.6) is 0 Å². The van der Waals surface area contributed by atoms with Gasteiger partial charge in [-0.25, -0.2) is 0 Å². The highest BCUT2D eigenvalue weighted by Gasteiger charge is 2.14. The van der Waals surface area contributed by atoms with Gasteiger partial charge in [0.05, 0.1) is 17.4 Å². The van der Waals surface area contributed by atoms with Crippen molar-refractivity contribution < 1.29 is 4.79 Å². The lowest BCUT2D eigenvalue weighted by molar-refractivity contribution is 0.0978. The zero-order chi connectivity index (χ0) is 26.1. The van der Waals surface area contributed by atoms with Gasteiger partial charge in [-0.2, -0.15) is 13.5 Å². The van der Waals surface area contributed by atoms with Crippen LogP contribution in [0.1, 0.15) is 35.3 Å². The number of thiocarbonyl (C=S) groups is 1. The van der Waals surface area contributed by atoms with E-state index in [9.17, 15) is 4.79 Å². The SMILES string of the molecule is CCN(CC)c1ccc(-n2nc3cc(C)c(NC(=S)NC(=O)c4ccc5nsnc5c4)cc3n2)c(C)c1. The number of rotatable bonds is 6. The van der Waals surface area contributed by atoms with Crippen LogP contribution in [0.25, 0.3) is 27.8 Å². The van der Waals surface area contributed by atoms with Gasteiger partial charge in [-0.15, -0.1) is 10.2 Å². The Morgan fingerprint density at radius 1 is 0.919 bits per heavy atom. The highest BCUT2D eigenvalue weighted by atomic mass is 32.1. The summed E-state index contributed by atoms with van der Waals surface area (Å²) in [5.41, 5.74) is 8.27. The Hall–Kier alpha value is -3.96. The van der Waals surface area contributed by atoms with Crippen molar-refractivity contribution in [2.24, 2.45) is 0 Å². The molecule has 0 spiro atoms. The molecule has 5 rings (SSSR count). The maximum atomic E-state index is 12.7. The topological polar surface area (TPSA) is 101 Å². The van der Waals surface area contributed by atoms with Gasteiger partial charge in [-0.3, -0.25) is 10.1 Å². The van der Waals surface area contributed by atoms with E-state index >= 15 is 0 Å². The first-order valence-corrected chi connectivity index (χ1v) is 13.1. The molecular formula is C26H26N8OS2. The van der Waals surface area contributed by atoms with Crippen molar-refractivity contribution in [2.75, 3.05) is 23.3 Å². The van der Waals surface area contributed by atoms with E-state index in [1.807, 2.05) is 19.1 Å². The fraction of sp³-hybridized carbons (Fsp3) is 0.231. The van der Waals surface area contributed by atoms with Gasteiger partial charge in [0.2, 0.25) is 0 Å². The van der Waals surface area contributed by atoms with Gasteiger partial charge in [0, 0.05) is 30.0 Å². The first-order chi connectivity index (χ1) is 17.9. The van der Waals surface area contributed by atoms with Crippen LogP contribution in [0.3, 0.4) is 0 Å². The van der Waals surface area contributed by atoms with E-state index in [-0.39, 0.29) is 11.0 Å². The van der Waals surface area contributed by atoms with Crippen LogP contribution in [0.2, 0.25) is 0 Å². The third kappa shape index (κ3) is 5.00. The molecule has 3 aromatic carbocycles. The number of anilines is 2. The van der Waals surface area contributed by atoms with Crippen LogP contribution in [0.15, 0.2) is 48.5 Å². The molecule has 0 aliphatic carbocycles. The third-order valence-electron chi connectivity index (χ3n) is 6.24. The molecule has 0 bridgehead atoms. The third-order valence-corrected chi connectivity index (χ3v) is 7.00. The van der Waals surface area contributed by atoms with Crippen LogP contribution in [0, 0.1) is 13.8 Å². The predicted octanol–water partition coefficient (Wildman–Crippen LogP) is 5.02. The number of aryl methyl sites for hydroxylation is 2. The van der Waals surface area contributed by atoms with E-state index in [1.165, 1.54) is 5.69 Å². The molecule has 0 saturated heterocycles. The minimum atomic E-state index is -0.319. The summed E-state index contributed by atoms with van der Waals surface area (Å²) >= 11 is 6.52. The molecular weight excluding hydrogens is 504 g/mol. The standard InChI is InChI=1S/C26H26N8OS2/c1-5-33(6-2)18-8-10-24(16(4)11-18)34-29-21-12-15(3)20(14-22(21)30-34)27-26(36)28-25(35)17-7-9-19-23(13-17)32-37-31-19/h7-14H,5-6H2,1-4H3,(H2,27,28,35,36). The molecule has 0 unspecified atom stereocenters. The predicted molar refractivity (Wildman–Crippen MR) is 153 cm³/mol. The van der Waals surface area contributed by atoms with Gasteiger partial charge in [0.15, 0.2) is 5.11 Å². The Morgan fingerprint density at radius 2 is 1.65 bits per heavy atom. The number of amides is 1. The molecule has 0 aliphatic heterocycles. The summed E-state index contributed by atoms with van der Waals surface area (Å²) in [5.74, 6) is -0.319. The molecule has 11 heteroatoms. The average Bonchev–Trinajstić information content (AvgIpc) is 3.51. The van der Waals surface area contributed by atoms with Gasteiger partial charge in [0.25, 0.3) is 5.91 Å². The van der Waals surface area contributed by atoms with Gasteiger partial charge in [0.1, 0.15) is 22.1 Å². The molecule has 0 atom stereocenters. The fourth-order valence-corrected chi connectivity index (χ4v) is 4.93.